The van der Waals surface area contributed by atoms with Crippen LogP contribution in [0.2, 0.25) is 0 Å². The SMILES string of the molecule is CCN(c1cc(-c2ccc(CN3CCOCC3)cc2)cc(C(=O)NCc2c(C)cc(C)[nH]c2=O)c1C)C1CCN(C(=O)COCC(=O)N[C@H](C(=O)N2C[C@H](O)C[C@@H]2C(=O)NCc2ccc(-c3scnc3C)cc2)C(C)(C)C)CC1. The van der Waals surface area contributed by atoms with Crippen molar-refractivity contribution in [3.05, 3.63) is 127 Å². The Balaban J connectivity index is 0.867. The standard InChI is InChI=1S/C60H77N9O9S/c1-9-68(50-28-45(43-14-12-42(13-15-43)32-66-22-24-77-25-23-66)27-48(39(50)4)56(73)62-31-49-37(2)26-38(3)64-57(49)74)46-18-20-67(21-19-46)53(72)35-78-34-52(71)65-55(60(6,7)8)59(76)69-33-47(70)29-51(69)58(75)61-30-41-10-16-44(17-11-41)54-40(5)63-36-79-54/h10-17,26-28,36,46-47,51,55,70H,9,18-25,29-35H2,1-8H3,(H,61,75)(H,62,73)(H,64,74)(H,65,71)/t47-,51-,55-/m1/s1. The molecule has 0 radical (unpaired) electrons. The second kappa shape index (κ2) is 26.0. The highest BCUT2D eigenvalue weighted by Gasteiger charge is 2.44. The zero-order chi connectivity index (χ0) is 56.5. The third-order valence-electron chi connectivity index (χ3n) is 15.4. The number of ether oxygens (including phenoxy) is 2. The number of likely N-dealkylation sites (tertiary alicyclic amines) is 2. The first-order valence-electron chi connectivity index (χ1n) is 27.5. The molecule has 3 saturated heterocycles. The van der Waals surface area contributed by atoms with Gasteiger partial charge in [-0.2, -0.15) is 0 Å². The van der Waals surface area contributed by atoms with Crippen LogP contribution in [-0.2, 0) is 48.3 Å². The van der Waals surface area contributed by atoms with E-state index in [2.05, 4.69) is 73.0 Å². The summed E-state index contributed by atoms with van der Waals surface area (Å²) >= 11 is 1.56. The van der Waals surface area contributed by atoms with Crippen molar-refractivity contribution in [2.24, 2.45) is 5.41 Å². The number of aliphatic hydroxyl groups is 1. The van der Waals surface area contributed by atoms with Gasteiger partial charge in [-0.15, -0.1) is 11.3 Å². The molecule has 5 amide bonds. The number of rotatable bonds is 19. The number of nitrogens with one attached hydrogen (secondary N) is 4. The largest absolute Gasteiger partial charge is 0.391 e. The number of morpholine rings is 1. The lowest BCUT2D eigenvalue weighted by atomic mass is 9.85. The van der Waals surface area contributed by atoms with Crippen molar-refractivity contribution < 1.29 is 38.6 Å². The minimum atomic E-state index is -1.06. The molecule has 8 rings (SSSR count). The fourth-order valence-corrected chi connectivity index (χ4v) is 11.8. The number of piperidine rings is 1. The lowest BCUT2D eigenvalue weighted by Gasteiger charge is -2.40. The predicted octanol–water partition coefficient (Wildman–Crippen LogP) is 5.80. The third kappa shape index (κ3) is 14.5. The van der Waals surface area contributed by atoms with E-state index >= 15 is 0 Å². The number of anilines is 1. The quantitative estimate of drug-likeness (QED) is 0.0663. The zero-order valence-electron chi connectivity index (χ0n) is 46.9. The topological polar surface area (TPSA) is 219 Å². The second-order valence-corrected chi connectivity index (χ2v) is 23.1. The maximum absolute atomic E-state index is 14.2. The van der Waals surface area contributed by atoms with Gasteiger partial charge in [0.15, 0.2) is 0 Å². The van der Waals surface area contributed by atoms with Crippen LogP contribution < -0.4 is 26.4 Å². The number of aromatic nitrogens is 2. The number of hydrogen-bond acceptors (Lipinski definition) is 13. The van der Waals surface area contributed by atoms with E-state index in [9.17, 15) is 33.9 Å². The van der Waals surface area contributed by atoms with Crippen LogP contribution in [0.1, 0.15) is 96.5 Å². The smallest absolute Gasteiger partial charge is 0.253 e. The summed E-state index contributed by atoms with van der Waals surface area (Å²) < 4.78 is 11.2. The van der Waals surface area contributed by atoms with Crippen molar-refractivity contribution >= 4 is 46.6 Å². The summed E-state index contributed by atoms with van der Waals surface area (Å²) in [4.78, 5) is 98.0. The molecule has 0 spiro atoms. The molecule has 18 nitrogen and oxygen atoms in total. The number of thiazole rings is 1. The fraction of sp³-hybridized carbons (Fsp3) is 0.483. The van der Waals surface area contributed by atoms with E-state index in [-0.39, 0.29) is 56.1 Å². The number of carbonyl (C=O) groups is 5. The number of H-pyrrole nitrogens is 1. The van der Waals surface area contributed by atoms with E-state index in [4.69, 9.17) is 9.47 Å². The van der Waals surface area contributed by atoms with Gasteiger partial charge in [-0.05, 0) is 110 Å². The number of hydrogen-bond donors (Lipinski definition) is 5. The highest BCUT2D eigenvalue weighted by Crippen LogP contribution is 2.35. The Morgan fingerprint density at radius 1 is 0.873 bits per heavy atom. The van der Waals surface area contributed by atoms with Crippen LogP contribution in [0, 0.1) is 33.1 Å². The first-order valence-corrected chi connectivity index (χ1v) is 28.3. The molecule has 5 heterocycles. The van der Waals surface area contributed by atoms with Crippen molar-refractivity contribution in [1.29, 1.82) is 0 Å². The summed E-state index contributed by atoms with van der Waals surface area (Å²) in [5.41, 5.74) is 11.0. The number of aliphatic hydroxyl groups excluding tert-OH is 1. The zero-order valence-corrected chi connectivity index (χ0v) is 47.7. The molecular weight excluding hydrogens is 1020 g/mol. The molecule has 3 aliphatic rings. The molecule has 0 bridgehead atoms. The molecule has 3 atom stereocenters. The monoisotopic (exact) mass is 1100 g/mol. The van der Waals surface area contributed by atoms with Crippen LogP contribution in [-0.4, -0.2) is 149 Å². The van der Waals surface area contributed by atoms with Gasteiger partial charge >= 0.3 is 0 Å². The lowest BCUT2D eigenvalue weighted by Crippen LogP contribution is -2.58. The summed E-state index contributed by atoms with van der Waals surface area (Å²) in [6, 6.07) is 20.3. The molecule has 0 unspecified atom stereocenters. The molecule has 0 aliphatic carbocycles. The van der Waals surface area contributed by atoms with Crippen LogP contribution in [0.25, 0.3) is 21.6 Å². The van der Waals surface area contributed by atoms with Gasteiger partial charge in [-0.25, -0.2) is 4.98 Å². The van der Waals surface area contributed by atoms with Crippen LogP contribution >= 0.6 is 11.3 Å². The van der Waals surface area contributed by atoms with Crippen molar-refractivity contribution in [3.63, 3.8) is 0 Å². The summed E-state index contributed by atoms with van der Waals surface area (Å²) in [7, 11) is 0. The van der Waals surface area contributed by atoms with Crippen molar-refractivity contribution in [3.8, 4) is 21.6 Å². The van der Waals surface area contributed by atoms with Gasteiger partial charge in [-0.1, -0.05) is 69.3 Å². The molecule has 5 aromatic rings. The molecule has 0 saturated carbocycles. The number of pyridine rings is 1. The molecular formula is C60H77N9O9S. The van der Waals surface area contributed by atoms with Gasteiger partial charge in [-0.3, -0.25) is 33.7 Å². The van der Waals surface area contributed by atoms with Gasteiger partial charge in [0.25, 0.3) is 11.5 Å². The molecule has 422 valence electrons. The highest BCUT2D eigenvalue weighted by atomic mass is 32.1. The van der Waals surface area contributed by atoms with Gasteiger partial charge in [0.05, 0.1) is 35.4 Å². The minimum Gasteiger partial charge on any atom is -0.391 e. The molecule has 19 heteroatoms. The molecule has 3 aromatic carbocycles. The number of aryl methyl sites for hydroxylation is 3. The normalized spacial score (nSPS) is 17.6. The Morgan fingerprint density at radius 3 is 2.20 bits per heavy atom. The number of benzene rings is 3. The second-order valence-electron chi connectivity index (χ2n) is 22.2. The maximum Gasteiger partial charge on any atom is 0.253 e. The Bertz CT molecular complexity index is 3030. The van der Waals surface area contributed by atoms with E-state index in [1.54, 1.807) is 42.5 Å². The summed E-state index contributed by atoms with van der Waals surface area (Å²) in [6.45, 7) is 20.1. The van der Waals surface area contributed by atoms with E-state index in [0.717, 1.165) is 88.2 Å². The summed E-state index contributed by atoms with van der Waals surface area (Å²) in [6.07, 6.45) is 0.441. The van der Waals surface area contributed by atoms with E-state index in [0.29, 0.717) is 43.6 Å². The van der Waals surface area contributed by atoms with E-state index < -0.39 is 47.9 Å². The average Bonchev–Trinajstić information content (AvgIpc) is 4.16. The van der Waals surface area contributed by atoms with Crippen LogP contribution in [0.3, 0.4) is 0 Å². The van der Waals surface area contributed by atoms with Crippen molar-refractivity contribution in [2.75, 3.05) is 70.6 Å². The molecule has 3 fully saturated rings. The predicted molar refractivity (Wildman–Crippen MR) is 306 cm³/mol. The summed E-state index contributed by atoms with van der Waals surface area (Å²) in [5.74, 6) is -2.04. The Kier molecular flexibility index (Phi) is 19.2. The summed E-state index contributed by atoms with van der Waals surface area (Å²) in [5, 5.41) is 19.5. The van der Waals surface area contributed by atoms with E-state index in [1.165, 1.54) is 10.5 Å². The highest BCUT2D eigenvalue weighted by molar-refractivity contribution is 7.13. The average molecular weight is 1100 g/mol. The molecule has 79 heavy (non-hydrogen) atoms. The Labute approximate surface area is 467 Å². The number of amides is 5. The van der Waals surface area contributed by atoms with Gasteiger partial charge < -0.3 is 50.2 Å². The first-order chi connectivity index (χ1) is 37.8. The van der Waals surface area contributed by atoms with Crippen molar-refractivity contribution in [2.45, 2.75) is 119 Å². The minimum absolute atomic E-state index is 0.0427. The molecule has 5 N–H and O–H groups in total. The van der Waals surface area contributed by atoms with Gasteiger partial charge in [0.2, 0.25) is 23.6 Å². The number of nitrogens with zero attached hydrogens (tertiary/aromatic N) is 5. The Morgan fingerprint density at radius 2 is 1.56 bits per heavy atom. The van der Waals surface area contributed by atoms with Crippen LogP contribution in [0.5, 0.6) is 0 Å². The maximum atomic E-state index is 14.2. The fourth-order valence-electron chi connectivity index (χ4n) is 10.9. The third-order valence-corrected chi connectivity index (χ3v) is 16.4. The van der Waals surface area contributed by atoms with E-state index in [1.807, 2.05) is 64.1 Å². The Hall–Kier alpha value is -6.77. The van der Waals surface area contributed by atoms with Crippen LogP contribution in [0.4, 0.5) is 5.69 Å². The number of aromatic amines is 1. The van der Waals surface area contributed by atoms with Crippen molar-refractivity contribution in [1.82, 2.24) is 40.6 Å². The first kappa shape index (κ1) is 58.4. The number of carbonyl (C=O) groups excluding carboxylic acids is 5. The molecule has 2 aromatic heterocycles. The lowest BCUT2D eigenvalue weighted by molar-refractivity contribution is -0.145. The molecule has 3 aliphatic heterocycles. The van der Waals surface area contributed by atoms with Gasteiger partial charge in [0.1, 0.15) is 25.3 Å². The number of β-amino-alcohol motifs (C(OH)–C–C–N with tert-alkyl or cyclic N) is 1. The van der Waals surface area contributed by atoms with Gasteiger partial charge in [0, 0.05) is 93.9 Å². The van der Waals surface area contributed by atoms with Crippen LogP contribution in [0.15, 0.2) is 77.0 Å².